The second kappa shape index (κ2) is 19.3. The van der Waals surface area contributed by atoms with Gasteiger partial charge in [0.2, 0.25) is 0 Å². The molecule has 1 aromatic rings. The minimum atomic E-state index is -4.48. The van der Waals surface area contributed by atoms with Crippen LogP contribution in [-0.2, 0) is 47.2 Å². The number of carbonyl (C=O) groups is 4. The average molecular weight is 875 g/mol. The van der Waals surface area contributed by atoms with Crippen LogP contribution in [0.5, 0.6) is 5.75 Å². The largest absolute Gasteiger partial charge is 0.464 e. The molecule has 4 aliphatic rings. The molecule has 1 amide bonds. The van der Waals surface area contributed by atoms with Crippen molar-refractivity contribution in [3.8, 4) is 5.75 Å². The van der Waals surface area contributed by atoms with Crippen LogP contribution in [0.15, 0.2) is 52.2 Å². The molecule has 0 bridgehead atoms. The topological polar surface area (TPSA) is 228 Å². The molecule has 61 heavy (non-hydrogen) atoms. The summed E-state index contributed by atoms with van der Waals surface area (Å²) < 4.78 is 57.1. The molecule has 1 aromatic carbocycles. The number of hydrogen-bond acceptors (Lipinski definition) is 16. The van der Waals surface area contributed by atoms with E-state index in [1.54, 1.807) is 90.7 Å². The molecule has 1 saturated carbocycles. The Morgan fingerprint density at radius 1 is 1.00 bits per heavy atom. The Morgan fingerprint density at radius 2 is 1.66 bits per heavy atom. The number of para-hydroxylation sites is 1. The lowest BCUT2D eigenvalue weighted by Crippen LogP contribution is -2.65. The van der Waals surface area contributed by atoms with Crippen molar-refractivity contribution >= 4 is 43.9 Å². The minimum absolute atomic E-state index is 0.0469. The molecule has 3 heterocycles. The summed E-state index contributed by atoms with van der Waals surface area (Å²) in [5.41, 5.74) is 2.83. The molecule has 3 unspecified atom stereocenters. The van der Waals surface area contributed by atoms with E-state index in [-0.39, 0.29) is 42.7 Å². The Labute approximate surface area is 358 Å². The second-order valence-corrected chi connectivity index (χ2v) is 19.8. The predicted molar refractivity (Wildman–Crippen MR) is 225 cm³/mol. The molecule has 1 saturated heterocycles. The highest BCUT2D eigenvalue weighted by molar-refractivity contribution is 7.52. The van der Waals surface area contributed by atoms with Crippen LogP contribution in [-0.4, -0.2) is 102 Å². The van der Waals surface area contributed by atoms with Crippen molar-refractivity contribution < 1.29 is 56.5 Å². The zero-order valence-electron chi connectivity index (χ0n) is 36.9. The predicted octanol–water partition coefficient (Wildman–Crippen LogP) is 5.61. The van der Waals surface area contributed by atoms with Crippen LogP contribution in [0.3, 0.4) is 0 Å². The standard InChI is InChI=1S/C42H63N6O12P/c1-25(2)35(49)57-38-41(10,55-23-42(38,58-36(50)26(3)4)33-27(5)20-32-34(43)44-24-45-48(32)33)22-56-61(53,60-31-14-12-11-13-15-31)47-28(6)37(51)54-21-29-16-18-30(19-17-29)46-39(52)59-40(7,8)9/h11-15,20,24-30,33,38H,16-19,21-23H2,1-10H3,(H,46,52)(H,47,53)(H2,43,44,45)/t27?,28-,29?,30?,33?,38+,41+,42-,61?/m0/s1. The van der Waals surface area contributed by atoms with Gasteiger partial charge in [0.15, 0.2) is 17.5 Å². The number of carbonyl (C=O) groups excluding carboxylic acids is 4. The second-order valence-electron chi connectivity index (χ2n) is 18.1. The third-order valence-corrected chi connectivity index (χ3v) is 12.5. The van der Waals surface area contributed by atoms with E-state index in [1.165, 1.54) is 13.3 Å². The quantitative estimate of drug-likeness (QED) is 0.104. The van der Waals surface area contributed by atoms with E-state index in [0.29, 0.717) is 31.4 Å². The first kappa shape index (κ1) is 47.5. The third-order valence-electron chi connectivity index (χ3n) is 10.9. The van der Waals surface area contributed by atoms with Gasteiger partial charge in [-0.1, -0.05) is 58.9 Å². The molecular weight excluding hydrogens is 811 g/mol. The van der Waals surface area contributed by atoms with Crippen molar-refractivity contribution in [2.75, 3.05) is 19.8 Å². The van der Waals surface area contributed by atoms with Gasteiger partial charge in [-0.05, 0) is 78.4 Å². The summed E-state index contributed by atoms with van der Waals surface area (Å²) in [4.78, 5) is 57.0. The SMILES string of the molecule is CC(C)C(=O)O[C@@H]1[C@@](C)(COP(=O)(N[C@@H](C)C(=O)OCC2CCC(NC(=O)OC(C)(C)C)CC2)Oc2ccccc2)OC[C@]1(OC(=O)C(C)C)C1C(C)C=C2C(N)=NC=NN21. The molecule has 2 fully saturated rings. The lowest BCUT2D eigenvalue weighted by molar-refractivity contribution is -0.201. The van der Waals surface area contributed by atoms with Gasteiger partial charge < -0.3 is 39.3 Å². The molecule has 0 aromatic heterocycles. The molecular formula is C42H63N6O12P. The van der Waals surface area contributed by atoms with Crippen molar-refractivity contribution in [2.24, 2.45) is 39.5 Å². The summed E-state index contributed by atoms with van der Waals surface area (Å²) in [5, 5.41) is 11.7. The van der Waals surface area contributed by atoms with Crippen LogP contribution in [0.25, 0.3) is 0 Å². The smallest absolute Gasteiger partial charge is 0.459 e. The van der Waals surface area contributed by atoms with Crippen molar-refractivity contribution in [3.05, 3.63) is 42.1 Å². The van der Waals surface area contributed by atoms with E-state index in [0.717, 1.165) is 0 Å². The van der Waals surface area contributed by atoms with Gasteiger partial charge in [0.25, 0.3) is 0 Å². The Balaban J connectivity index is 1.35. The van der Waals surface area contributed by atoms with Crippen molar-refractivity contribution in [3.63, 3.8) is 0 Å². The lowest BCUT2D eigenvalue weighted by Gasteiger charge is -2.45. The lowest BCUT2D eigenvalue weighted by atomic mass is 9.78. The summed E-state index contributed by atoms with van der Waals surface area (Å²) in [5.74, 6) is -3.01. The summed E-state index contributed by atoms with van der Waals surface area (Å²) in [6.45, 7) is 16.4. The maximum Gasteiger partial charge on any atom is 0.459 e. The van der Waals surface area contributed by atoms with Crippen molar-refractivity contribution in [2.45, 2.75) is 136 Å². The highest BCUT2D eigenvalue weighted by Gasteiger charge is 2.69. The Kier molecular flexibility index (Phi) is 15.0. The molecule has 0 spiro atoms. The molecule has 338 valence electrons. The molecule has 0 radical (unpaired) electrons. The van der Waals surface area contributed by atoms with E-state index < -0.39 is 85.2 Å². The molecule has 7 atom stereocenters. The highest BCUT2D eigenvalue weighted by atomic mass is 31.2. The zero-order chi connectivity index (χ0) is 44.9. The minimum Gasteiger partial charge on any atom is -0.464 e. The number of fused-ring (bicyclic) bond motifs is 1. The number of benzene rings is 1. The van der Waals surface area contributed by atoms with Gasteiger partial charge in [-0.25, -0.2) is 14.4 Å². The van der Waals surface area contributed by atoms with E-state index in [9.17, 15) is 23.7 Å². The summed E-state index contributed by atoms with van der Waals surface area (Å²) >= 11 is 0. The number of amides is 1. The molecule has 3 aliphatic heterocycles. The Bertz CT molecular complexity index is 1900. The van der Waals surface area contributed by atoms with E-state index in [1.807, 2.05) is 13.0 Å². The Hall–Kier alpha value is -4.51. The molecule has 5 rings (SSSR count). The summed E-state index contributed by atoms with van der Waals surface area (Å²) in [6.07, 6.45) is 4.13. The van der Waals surface area contributed by atoms with Crippen LogP contribution in [0.2, 0.25) is 0 Å². The van der Waals surface area contributed by atoms with Crippen molar-refractivity contribution in [1.82, 2.24) is 15.4 Å². The number of alkyl carbamates (subject to hydrolysis) is 1. The normalized spacial score (nSPS) is 28.9. The third kappa shape index (κ3) is 11.7. The molecule has 19 heteroatoms. The number of hydrogen-bond donors (Lipinski definition) is 3. The van der Waals surface area contributed by atoms with Crippen LogP contribution in [0.4, 0.5) is 4.79 Å². The fourth-order valence-electron chi connectivity index (χ4n) is 7.70. The Morgan fingerprint density at radius 3 is 2.28 bits per heavy atom. The van der Waals surface area contributed by atoms with E-state index >= 15 is 0 Å². The van der Waals surface area contributed by atoms with Crippen LogP contribution >= 0.6 is 7.75 Å². The number of nitrogens with two attached hydrogens (primary N) is 1. The number of esters is 3. The van der Waals surface area contributed by atoms with Gasteiger partial charge in [-0.15, -0.1) is 0 Å². The first-order chi connectivity index (χ1) is 28.5. The van der Waals surface area contributed by atoms with Gasteiger partial charge in [-0.2, -0.15) is 10.2 Å². The summed E-state index contributed by atoms with van der Waals surface area (Å²) in [7, 11) is -4.48. The number of nitrogens with zero attached hydrogens (tertiary/aromatic N) is 3. The number of ether oxygens (including phenoxy) is 5. The van der Waals surface area contributed by atoms with Gasteiger partial charge in [0.1, 0.15) is 35.4 Å². The monoisotopic (exact) mass is 874 g/mol. The van der Waals surface area contributed by atoms with Crippen LogP contribution in [0, 0.1) is 23.7 Å². The van der Waals surface area contributed by atoms with Gasteiger partial charge >= 0.3 is 31.7 Å². The number of aliphatic imine (C=N–C) groups is 1. The number of amidine groups is 1. The fraction of sp³-hybridized carbons (Fsp3) is 0.667. The van der Waals surface area contributed by atoms with E-state index in [2.05, 4.69) is 20.5 Å². The molecule has 18 nitrogen and oxygen atoms in total. The molecule has 4 N–H and O–H groups in total. The first-order valence-electron chi connectivity index (χ1n) is 20.9. The van der Waals surface area contributed by atoms with Crippen LogP contribution < -0.4 is 20.7 Å². The van der Waals surface area contributed by atoms with E-state index in [4.69, 9.17) is 38.5 Å². The molecule has 1 aliphatic carbocycles. The van der Waals surface area contributed by atoms with Crippen LogP contribution in [0.1, 0.15) is 94.9 Å². The highest BCUT2D eigenvalue weighted by Crippen LogP contribution is 2.51. The maximum atomic E-state index is 14.8. The van der Waals surface area contributed by atoms with Gasteiger partial charge in [0.05, 0.1) is 37.4 Å². The number of hydrazone groups is 1. The first-order valence-corrected chi connectivity index (χ1v) is 22.5. The van der Waals surface area contributed by atoms with Crippen molar-refractivity contribution in [1.29, 1.82) is 0 Å². The average Bonchev–Trinajstić information content (AvgIpc) is 3.67. The zero-order valence-corrected chi connectivity index (χ0v) is 37.8. The number of rotatable bonds is 16. The number of nitrogens with one attached hydrogen (secondary N) is 2. The van der Waals surface area contributed by atoms with Gasteiger partial charge in [0, 0.05) is 12.0 Å². The summed E-state index contributed by atoms with van der Waals surface area (Å²) in [6, 6.07) is 6.25. The maximum absolute atomic E-state index is 14.8. The van der Waals surface area contributed by atoms with Gasteiger partial charge in [-0.3, -0.25) is 23.9 Å². The fourth-order valence-corrected chi connectivity index (χ4v) is 9.29.